The molecule has 1 aliphatic heterocycles. The standard InChI is InChI=1S/C18H24N2O3/c1-2-23-18(22)20-10-4-7-15(12-20)17(21)19-16-9-8-13-5-3-6-14(13)11-16/h8-9,11,15H,2-7,10,12H2,1H3,(H,19,21). The van der Waals surface area contributed by atoms with Crippen LogP contribution in [0.5, 0.6) is 0 Å². The number of rotatable bonds is 3. The lowest BCUT2D eigenvalue weighted by Gasteiger charge is -2.31. The molecule has 1 N–H and O–H groups in total. The molecule has 23 heavy (non-hydrogen) atoms. The zero-order valence-electron chi connectivity index (χ0n) is 13.6. The van der Waals surface area contributed by atoms with Gasteiger partial charge in [0.15, 0.2) is 0 Å². The Labute approximate surface area is 137 Å². The van der Waals surface area contributed by atoms with Gasteiger partial charge in [0.25, 0.3) is 0 Å². The summed E-state index contributed by atoms with van der Waals surface area (Å²) in [4.78, 5) is 26.0. The van der Waals surface area contributed by atoms with Crippen molar-refractivity contribution < 1.29 is 14.3 Å². The number of fused-ring (bicyclic) bond motifs is 1. The van der Waals surface area contributed by atoms with Crippen LogP contribution in [0, 0.1) is 5.92 Å². The number of hydrogen-bond donors (Lipinski definition) is 1. The summed E-state index contributed by atoms with van der Waals surface area (Å²) in [5.41, 5.74) is 3.61. The van der Waals surface area contributed by atoms with Crippen LogP contribution >= 0.6 is 0 Å². The number of carbonyl (C=O) groups is 2. The third-order valence-electron chi connectivity index (χ3n) is 4.68. The summed E-state index contributed by atoms with van der Waals surface area (Å²) < 4.78 is 5.03. The third kappa shape index (κ3) is 3.66. The highest BCUT2D eigenvalue weighted by molar-refractivity contribution is 5.93. The maximum absolute atomic E-state index is 12.5. The van der Waals surface area contributed by atoms with Gasteiger partial charge in [-0.15, -0.1) is 0 Å². The molecule has 1 aromatic rings. The summed E-state index contributed by atoms with van der Waals surface area (Å²) >= 11 is 0. The lowest BCUT2D eigenvalue weighted by atomic mass is 9.97. The summed E-state index contributed by atoms with van der Waals surface area (Å²) in [7, 11) is 0. The summed E-state index contributed by atoms with van der Waals surface area (Å²) in [6, 6.07) is 6.18. The molecule has 0 radical (unpaired) electrons. The van der Waals surface area contributed by atoms with Crippen molar-refractivity contribution in [3.05, 3.63) is 29.3 Å². The van der Waals surface area contributed by atoms with Gasteiger partial charge >= 0.3 is 6.09 Å². The number of amides is 2. The van der Waals surface area contributed by atoms with E-state index in [1.807, 2.05) is 6.07 Å². The van der Waals surface area contributed by atoms with E-state index in [-0.39, 0.29) is 17.9 Å². The number of ether oxygens (including phenoxy) is 1. The predicted molar refractivity (Wildman–Crippen MR) is 88.4 cm³/mol. The van der Waals surface area contributed by atoms with Gasteiger partial charge in [0.05, 0.1) is 12.5 Å². The van der Waals surface area contributed by atoms with Gasteiger partial charge in [-0.2, -0.15) is 0 Å². The molecule has 1 saturated heterocycles. The highest BCUT2D eigenvalue weighted by atomic mass is 16.6. The molecule has 1 fully saturated rings. The van der Waals surface area contributed by atoms with Gasteiger partial charge in [0, 0.05) is 18.8 Å². The first kappa shape index (κ1) is 15.8. The Morgan fingerprint density at radius 1 is 1.26 bits per heavy atom. The fourth-order valence-electron chi connectivity index (χ4n) is 3.47. The Morgan fingerprint density at radius 2 is 2.09 bits per heavy atom. The van der Waals surface area contributed by atoms with Crippen molar-refractivity contribution in [2.75, 3.05) is 25.0 Å². The van der Waals surface area contributed by atoms with Crippen LogP contribution in [0.2, 0.25) is 0 Å². The molecule has 3 rings (SSSR count). The number of nitrogens with one attached hydrogen (secondary N) is 1. The van der Waals surface area contributed by atoms with E-state index in [2.05, 4.69) is 17.4 Å². The normalized spacial score (nSPS) is 20.0. The third-order valence-corrected chi connectivity index (χ3v) is 4.68. The largest absolute Gasteiger partial charge is 0.450 e. The van der Waals surface area contributed by atoms with Crippen molar-refractivity contribution in [1.29, 1.82) is 0 Å². The quantitative estimate of drug-likeness (QED) is 0.932. The van der Waals surface area contributed by atoms with Crippen LogP contribution < -0.4 is 5.32 Å². The maximum atomic E-state index is 12.5. The lowest BCUT2D eigenvalue weighted by Crippen LogP contribution is -2.44. The van der Waals surface area contributed by atoms with E-state index < -0.39 is 0 Å². The van der Waals surface area contributed by atoms with Gasteiger partial charge in [0.1, 0.15) is 0 Å². The first-order valence-corrected chi connectivity index (χ1v) is 8.51. The van der Waals surface area contributed by atoms with Crippen LogP contribution in [0.15, 0.2) is 18.2 Å². The van der Waals surface area contributed by atoms with Crippen LogP contribution in [-0.2, 0) is 22.4 Å². The molecule has 1 unspecified atom stereocenters. The van der Waals surface area contributed by atoms with Gasteiger partial charge in [-0.05, 0) is 62.3 Å². The monoisotopic (exact) mass is 316 g/mol. The van der Waals surface area contributed by atoms with Gasteiger partial charge in [-0.1, -0.05) is 6.07 Å². The average Bonchev–Trinajstić information content (AvgIpc) is 3.03. The van der Waals surface area contributed by atoms with E-state index in [0.29, 0.717) is 19.7 Å². The first-order chi connectivity index (χ1) is 11.2. The van der Waals surface area contributed by atoms with E-state index in [4.69, 9.17) is 4.74 Å². The fraction of sp³-hybridized carbons (Fsp3) is 0.556. The molecule has 0 spiro atoms. The van der Waals surface area contributed by atoms with Crippen molar-refractivity contribution >= 4 is 17.7 Å². The predicted octanol–water partition coefficient (Wildman–Crippen LogP) is 2.98. The fourth-order valence-corrected chi connectivity index (χ4v) is 3.47. The van der Waals surface area contributed by atoms with E-state index >= 15 is 0 Å². The van der Waals surface area contributed by atoms with Crippen LogP contribution in [-0.4, -0.2) is 36.6 Å². The van der Waals surface area contributed by atoms with Crippen molar-refractivity contribution in [2.24, 2.45) is 5.92 Å². The van der Waals surface area contributed by atoms with Crippen molar-refractivity contribution in [3.63, 3.8) is 0 Å². The van der Waals surface area contributed by atoms with Gasteiger partial charge in [-0.3, -0.25) is 4.79 Å². The Hall–Kier alpha value is -2.04. The van der Waals surface area contributed by atoms with Crippen LogP contribution in [0.25, 0.3) is 0 Å². The lowest BCUT2D eigenvalue weighted by molar-refractivity contribution is -0.121. The minimum atomic E-state index is -0.317. The van der Waals surface area contributed by atoms with Crippen molar-refractivity contribution in [1.82, 2.24) is 4.90 Å². The first-order valence-electron chi connectivity index (χ1n) is 8.51. The van der Waals surface area contributed by atoms with Crippen molar-refractivity contribution in [2.45, 2.75) is 39.0 Å². The highest BCUT2D eigenvalue weighted by Gasteiger charge is 2.29. The Bertz CT molecular complexity index is 600. The van der Waals surface area contributed by atoms with Crippen LogP contribution in [0.1, 0.15) is 37.3 Å². The second-order valence-electron chi connectivity index (χ2n) is 6.31. The molecular formula is C18H24N2O3. The molecular weight excluding hydrogens is 292 g/mol. The minimum Gasteiger partial charge on any atom is -0.450 e. The molecule has 2 amide bonds. The molecule has 1 aromatic carbocycles. The maximum Gasteiger partial charge on any atom is 0.409 e. The molecule has 1 heterocycles. The highest BCUT2D eigenvalue weighted by Crippen LogP contribution is 2.26. The van der Waals surface area contributed by atoms with E-state index in [9.17, 15) is 9.59 Å². The SMILES string of the molecule is CCOC(=O)N1CCCC(C(=O)Nc2ccc3c(c2)CCC3)C1. The number of hydrogen-bond acceptors (Lipinski definition) is 3. The number of carbonyl (C=O) groups excluding carboxylic acids is 2. The molecule has 124 valence electrons. The number of piperidine rings is 1. The van der Waals surface area contributed by atoms with Crippen LogP contribution in [0.3, 0.4) is 0 Å². The number of nitrogens with zero attached hydrogens (tertiary/aromatic N) is 1. The van der Waals surface area contributed by atoms with Gasteiger partial charge in [0.2, 0.25) is 5.91 Å². The van der Waals surface area contributed by atoms with E-state index in [1.54, 1.807) is 11.8 Å². The summed E-state index contributed by atoms with van der Waals surface area (Å²) in [5, 5.41) is 3.02. The molecule has 0 aromatic heterocycles. The van der Waals surface area contributed by atoms with E-state index in [1.165, 1.54) is 17.5 Å². The van der Waals surface area contributed by atoms with E-state index in [0.717, 1.165) is 31.4 Å². The number of anilines is 1. The molecule has 0 saturated carbocycles. The number of benzene rings is 1. The summed E-state index contributed by atoms with van der Waals surface area (Å²) in [6.07, 6.45) is 4.76. The molecule has 1 aliphatic carbocycles. The Kier molecular flexibility index (Phi) is 4.84. The second kappa shape index (κ2) is 7.02. The zero-order chi connectivity index (χ0) is 16.2. The molecule has 5 nitrogen and oxygen atoms in total. The second-order valence-corrected chi connectivity index (χ2v) is 6.31. The topological polar surface area (TPSA) is 58.6 Å². The molecule has 0 bridgehead atoms. The number of aryl methyl sites for hydroxylation is 2. The smallest absolute Gasteiger partial charge is 0.409 e. The molecule has 5 heteroatoms. The van der Waals surface area contributed by atoms with Gasteiger partial charge < -0.3 is 15.0 Å². The Balaban J connectivity index is 1.60. The number of likely N-dealkylation sites (tertiary alicyclic amines) is 1. The van der Waals surface area contributed by atoms with Gasteiger partial charge in [-0.25, -0.2) is 4.79 Å². The zero-order valence-corrected chi connectivity index (χ0v) is 13.6. The molecule has 2 aliphatic rings. The van der Waals surface area contributed by atoms with Crippen molar-refractivity contribution in [3.8, 4) is 0 Å². The summed E-state index contributed by atoms with van der Waals surface area (Å²) in [6.45, 7) is 3.26. The average molecular weight is 316 g/mol. The molecule has 1 atom stereocenters. The summed E-state index contributed by atoms with van der Waals surface area (Å²) in [5.74, 6) is -0.168. The minimum absolute atomic E-state index is 0.00283. The Morgan fingerprint density at radius 3 is 2.91 bits per heavy atom. The van der Waals surface area contributed by atoms with Crippen LogP contribution in [0.4, 0.5) is 10.5 Å².